The average molecular weight is 175 g/mol. The molecule has 1 atom stereocenters. The van der Waals surface area contributed by atoms with Crippen LogP contribution in [0.3, 0.4) is 0 Å². The SMILES string of the molecule is CCOC(=O)NC(CC)C(=O)O. The molecule has 0 aromatic rings. The second kappa shape index (κ2) is 5.40. The highest BCUT2D eigenvalue weighted by Gasteiger charge is 2.17. The van der Waals surface area contributed by atoms with Gasteiger partial charge in [-0.05, 0) is 13.3 Å². The van der Waals surface area contributed by atoms with E-state index < -0.39 is 18.1 Å². The molecule has 0 aliphatic rings. The molecule has 0 bridgehead atoms. The Labute approximate surface area is 70.7 Å². The molecule has 70 valence electrons. The van der Waals surface area contributed by atoms with Crippen LogP contribution in [0.4, 0.5) is 4.79 Å². The lowest BCUT2D eigenvalue weighted by molar-refractivity contribution is -0.139. The molecule has 0 aromatic carbocycles. The summed E-state index contributed by atoms with van der Waals surface area (Å²) in [5.74, 6) is -1.05. The quantitative estimate of drug-likeness (QED) is 0.655. The first-order chi connectivity index (χ1) is 5.61. The number of ether oxygens (including phenoxy) is 1. The number of carboxylic acid groups (broad SMARTS) is 1. The van der Waals surface area contributed by atoms with Gasteiger partial charge in [-0.15, -0.1) is 0 Å². The van der Waals surface area contributed by atoms with Crippen molar-refractivity contribution in [3.63, 3.8) is 0 Å². The van der Waals surface area contributed by atoms with E-state index in [-0.39, 0.29) is 6.61 Å². The molecule has 0 spiro atoms. The van der Waals surface area contributed by atoms with Crippen molar-refractivity contribution in [3.05, 3.63) is 0 Å². The Morgan fingerprint density at radius 2 is 2.08 bits per heavy atom. The molecule has 0 fully saturated rings. The van der Waals surface area contributed by atoms with Gasteiger partial charge in [0, 0.05) is 0 Å². The van der Waals surface area contributed by atoms with Crippen LogP contribution in [0.25, 0.3) is 0 Å². The van der Waals surface area contributed by atoms with E-state index in [9.17, 15) is 9.59 Å². The van der Waals surface area contributed by atoms with Crippen molar-refractivity contribution in [3.8, 4) is 0 Å². The van der Waals surface area contributed by atoms with Gasteiger partial charge >= 0.3 is 12.1 Å². The third kappa shape index (κ3) is 3.80. The second-order valence-corrected chi connectivity index (χ2v) is 2.16. The highest BCUT2D eigenvalue weighted by Crippen LogP contribution is 1.91. The first-order valence-electron chi connectivity index (χ1n) is 3.77. The number of hydrogen-bond donors (Lipinski definition) is 2. The van der Waals surface area contributed by atoms with Gasteiger partial charge < -0.3 is 15.2 Å². The summed E-state index contributed by atoms with van der Waals surface area (Å²) in [4.78, 5) is 21.1. The largest absolute Gasteiger partial charge is 0.480 e. The number of carbonyl (C=O) groups excluding carboxylic acids is 1. The predicted molar refractivity (Wildman–Crippen MR) is 41.9 cm³/mol. The number of nitrogens with one attached hydrogen (secondary N) is 1. The molecular weight excluding hydrogens is 162 g/mol. The second-order valence-electron chi connectivity index (χ2n) is 2.16. The third-order valence-electron chi connectivity index (χ3n) is 1.27. The number of amides is 1. The van der Waals surface area contributed by atoms with Crippen LogP contribution in [0, 0.1) is 0 Å². The first kappa shape index (κ1) is 10.7. The van der Waals surface area contributed by atoms with Crippen LogP contribution < -0.4 is 5.32 Å². The van der Waals surface area contributed by atoms with Crippen molar-refractivity contribution in [2.24, 2.45) is 0 Å². The van der Waals surface area contributed by atoms with E-state index >= 15 is 0 Å². The highest BCUT2D eigenvalue weighted by molar-refractivity contribution is 5.79. The van der Waals surface area contributed by atoms with Crippen molar-refractivity contribution < 1.29 is 19.4 Å². The summed E-state index contributed by atoms with van der Waals surface area (Å²) in [5.41, 5.74) is 0. The lowest BCUT2D eigenvalue weighted by atomic mass is 10.2. The monoisotopic (exact) mass is 175 g/mol. The number of hydrogen-bond acceptors (Lipinski definition) is 3. The van der Waals surface area contributed by atoms with E-state index in [0.29, 0.717) is 6.42 Å². The smallest absolute Gasteiger partial charge is 0.407 e. The van der Waals surface area contributed by atoms with Gasteiger partial charge in [0.15, 0.2) is 0 Å². The molecule has 1 amide bonds. The first-order valence-corrected chi connectivity index (χ1v) is 3.77. The molecule has 0 saturated heterocycles. The molecule has 0 aliphatic carbocycles. The van der Waals surface area contributed by atoms with E-state index in [2.05, 4.69) is 10.1 Å². The third-order valence-corrected chi connectivity index (χ3v) is 1.27. The molecule has 0 saturated carbocycles. The minimum atomic E-state index is -1.05. The Hall–Kier alpha value is -1.26. The Kier molecular flexibility index (Phi) is 4.83. The Morgan fingerprint density at radius 3 is 2.42 bits per heavy atom. The highest BCUT2D eigenvalue weighted by atomic mass is 16.5. The Morgan fingerprint density at radius 1 is 1.50 bits per heavy atom. The number of carbonyl (C=O) groups is 2. The van der Waals surface area contributed by atoms with Gasteiger partial charge in [0.05, 0.1) is 6.61 Å². The van der Waals surface area contributed by atoms with E-state index in [0.717, 1.165) is 0 Å². The molecule has 0 heterocycles. The van der Waals surface area contributed by atoms with Gasteiger partial charge in [0.2, 0.25) is 0 Å². The van der Waals surface area contributed by atoms with Crippen LogP contribution in [-0.4, -0.2) is 29.8 Å². The number of rotatable bonds is 4. The number of aliphatic carboxylic acids is 1. The summed E-state index contributed by atoms with van der Waals surface area (Å²) < 4.78 is 4.51. The van der Waals surface area contributed by atoms with Gasteiger partial charge in [0.1, 0.15) is 6.04 Å². The summed E-state index contributed by atoms with van der Waals surface area (Å²) in [6.07, 6.45) is -0.347. The zero-order valence-corrected chi connectivity index (χ0v) is 7.16. The standard InChI is InChI=1S/C7H13NO4/c1-3-5(6(9)10)8-7(11)12-4-2/h5H,3-4H2,1-2H3,(H,8,11)(H,9,10). The van der Waals surface area contributed by atoms with Crippen molar-refractivity contribution in [1.29, 1.82) is 0 Å². The summed E-state index contributed by atoms with van der Waals surface area (Å²) in [6, 6.07) is -0.857. The fourth-order valence-corrected chi connectivity index (χ4v) is 0.653. The minimum absolute atomic E-state index is 0.238. The van der Waals surface area contributed by atoms with Crippen molar-refractivity contribution >= 4 is 12.1 Å². The van der Waals surface area contributed by atoms with E-state index in [1.165, 1.54) is 0 Å². The van der Waals surface area contributed by atoms with Crippen molar-refractivity contribution in [2.75, 3.05) is 6.61 Å². The molecule has 5 nitrogen and oxygen atoms in total. The van der Waals surface area contributed by atoms with Crippen molar-refractivity contribution in [1.82, 2.24) is 5.32 Å². The maximum Gasteiger partial charge on any atom is 0.407 e. The molecule has 5 heteroatoms. The molecule has 0 rings (SSSR count). The summed E-state index contributed by atoms with van der Waals surface area (Å²) >= 11 is 0. The summed E-state index contributed by atoms with van der Waals surface area (Å²) in [7, 11) is 0. The lowest BCUT2D eigenvalue weighted by Crippen LogP contribution is -2.40. The predicted octanol–water partition coefficient (Wildman–Crippen LogP) is 0.596. The van der Waals surface area contributed by atoms with Crippen LogP contribution in [0.1, 0.15) is 20.3 Å². The zero-order valence-electron chi connectivity index (χ0n) is 7.16. The maximum absolute atomic E-state index is 10.7. The molecule has 0 radical (unpaired) electrons. The fourth-order valence-electron chi connectivity index (χ4n) is 0.653. The molecule has 0 aromatic heterocycles. The van der Waals surface area contributed by atoms with Crippen molar-refractivity contribution in [2.45, 2.75) is 26.3 Å². The Bertz CT molecular complexity index is 169. The fraction of sp³-hybridized carbons (Fsp3) is 0.714. The van der Waals surface area contributed by atoms with Crippen LogP contribution >= 0.6 is 0 Å². The normalized spacial score (nSPS) is 11.8. The molecule has 0 aliphatic heterocycles. The summed E-state index contributed by atoms with van der Waals surface area (Å²) in [5, 5.41) is 10.7. The van der Waals surface area contributed by atoms with E-state index in [1.54, 1.807) is 13.8 Å². The van der Waals surface area contributed by atoms with Gasteiger partial charge in [-0.2, -0.15) is 0 Å². The van der Waals surface area contributed by atoms with Gasteiger partial charge in [-0.1, -0.05) is 6.92 Å². The van der Waals surface area contributed by atoms with Gasteiger partial charge in [-0.25, -0.2) is 9.59 Å². The minimum Gasteiger partial charge on any atom is -0.480 e. The Balaban J connectivity index is 3.85. The maximum atomic E-state index is 10.7. The van der Waals surface area contributed by atoms with E-state index in [4.69, 9.17) is 5.11 Å². The summed E-state index contributed by atoms with van der Waals surface area (Å²) in [6.45, 7) is 3.56. The molecule has 2 N–H and O–H groups in total. The molecule has 1 unspecified atom stereocenters. The van der Waals surface area contributed by atoms with E-state index in [1.807, 2.05) is 0 Å². The number of alkyl carbamates (subject to hydrolysis) is 1. The van der Waals surface area contributed by atoms with Gasteiger partial charge in [0.25, 0.3) is 0 Å². The van der Waals surface area contributed by atoms with Gasteiger partial charge in [-0.3, -0.25) is 0 Å². The van der Waals surface area contributed by atoms with Crippen LogP contribution in [0.2, 0.25) is 0 Å². The van der Waals surface area contributed by atoms with Crippen LogP contribution in [0.5, 0.6) is 0 Å². The number of carboxylic acids is 1. The van der Waals surface area contributed by atoms with Crippen LogP contribution in [-0.2, 0) is 9.53 Å². The molecule has 12 heavy (non-hydrogen) atoms. The zero-order chi connectivity index (χ0) is 9.56. The lowest BCUT2D eigenvalue weighted by Gasteiger charge is -2.11. The topological polar surface area (TPSA) is 75.6 Å². The van der Waals surface area contributed by atoms with Crippen LogP contribution in [0.15, 0.2) is 0 Å². The molecular formula is C7H13NO4. The average Bonchev–Trinajstić information content (AvgIpc) is 2.00.